The molecule has 126 valence electrons. The molecule has 0 heterocycles. The predicted molar refractivity (Wildman–Crippen MR) is 87.4 cm³/mol. The molecule has 1 amide bonds. The lowest BCUT2D eigenvalue weighted by Gasteiger charge is -2.61. The van der Waals surface area contributed by atoms with E-state index in [1.165, 1.54) is 38.5 Å². The van der Waals surface area contributed by atoms with Crippen LogP contribution >= 0.6 is 0 Å². The normalized spacial score (nSPS) is 32.1. The molecule has 22 heavy (non-hydrogen) atoms. The zero-order valence-electron chi connectivity index (χ0n) is 14.0. The van der Waals surface area contributed by atoms with Crippen LogP contribution in [0.4, 0.5) is 0 Å². The fourth-order valence-electron chi connectivity index (χ4n) is 4.98. The highest BCUT2D eigenvalue weighted by atomic mass is 16.5. The number of hydrogen-bond donors (Lipinski definition) is 2. The van der Waals surface area contributed by atoms with Crippen molar-refractivity contribution in [2.75, 3.05) is 13.2 Å². The number of nitrogens with two attached hydrogens (primary N) is 1. The summed E-state index contributed by atoms with van der Waals surface area (Å²) in [4.78, 5) is 12.6. The Labute approximate surface area is 134 Å². The van der Waals surface area contributed by atoms with Gasteiger partial charge in [-0.1, -0.05) is 25.7 Å². The van der Waals surface area contributed by atoms with Crippen LogP contribution in [0.3, 0.4) is 0 Å². The Hall–Kier alpha value is -0.610. The highest BCUT2D eigenvalue weighted by Gasteiger charge is 2.59. The van der Waals surface area contributed by atoms with Crippen LogP contribution in [0, 0.1) is 10.8 Å². The molecule has 3 N–H and O–H groups in total. The smallest absolute Gasteiger partial charge is 0.220 e. The van der Waals surface area contributed by atoms with E-state index >= 15 is 0 Å². The fourth-order valence-corrected chi connectivity index (χ4v) is 4.98. The van der Waals surface area contributed by atoms with Crippen molar-refractivity contribution in [3.05, 3.63) is 0 Å². The summed E-state index contributed by atoms with van der Waals surface area (Å²) in [6.45, 7) is 3.49. The minimum atomic E-state index is 0.0676. The number of hydrogen-bond acceptors (Lipinski definition) is 3. The molecule has 3 rings (SSSR count). The summed E-state index contributed by atoms with van der Waals surface area (Å²) >= 11 is 0. The summed E-state index contributed by atoms with van der Waals surface area (Å²) in [6.07, 6.45) is 11.7. The molecule has 3 fully saturated rings. The van der Waals surface area contributed by atoms with Crippen LogP contribution in [-0.2, 0) is 9.53 Å². The van der Waals surface area contributed by atoms with Gasteiger partial charge in [0.25, 0.3) is 0 Å². The first-order chi connectivity index (χ1) is 10.6. The zero-order valence-corrected chi connectivity index (χ0v) is 14.0. The van der Waals surface area contributed by atoms with E-state index in [0.29, 0.717) is 25.1 Å². The monoisotopic (exact) mass is 308 g/mol. The Morgan fingerprint density at radius 2 is 1.91 bits per heavy atom. The van der Waals surface area contributed by atoms with E-state index in [4.69, 9.17) is 10.5 Å². The number of carbonyl (C=O) groups is 1. The Bertz CT molecular complexity index is 400. The van der Waals surface area contributed by atoms with E-state index in [0.717, 1.165) is 25.9 Å². The molecule has 3 aliphatic rings. The molecule has 0 bridgehead atoms. The van der Waals surface area contributed by atoms with Crippen molar-refractivity contribution in [3.8, 4) is 0 Å². The molecule has 3 saturated carbocycles. The van der Waals surface area contributed by atoms with E-state index in [1.807, 2.05) is 0 Å². The zero-order chi connectivity index (χ0) is 15.6. The first-order valence-corrected chi connectivity index (χ1v) is 9.25. The third kappa shape index (κ3) is 2.80. The molecular formula is C18H32N2O2. The summed E-state index contributed by atoms with van der Waals surface area (Å²) in [5, 5.41) is 3.33. The Morgan fingerprint density at radius 3 is 2.45 bits per heavy atom. The van der Waals surface area contributed by atoms with Gasteiger partial charge >= 0.3 is 0 Å². The van der Waals surface area contributed by atoms with Gasteiger partial charge in [-0.05, 0) is 51.0 Å². The van der Waals surface area contributed by atoms with Gasteiger partial charge in [0.05, 0.1) is 6.10 Å². The second-order valence-electron chi connectivity index (χ2n) is 7.83. The summed E-state index contributed by atoms with van der Waals surface area (Å²) < 4.78 is 5.87. The molecule has 0 aromatic rings. The van der Waals surface area contributed by atoms with E-state index in [-0.39, 0.29) is 16.7 Å². The molecule has 0 radical (unpaired) electrons. The lowest BCUT2D eigenvalue weighted by molar-refractivity contribution is -0.176. The lowest BCUT2D eigenvalue weighted by Crippen LogP contribution is -2.67. The van der Waals surface area contributed by atoms with E-state index in [2.05, 4.69) is 12.2 Å². The topological polar surface area (TPSA) is 64.3 Å². The van der Waals surface area contributed by atoms with Gasteiger partial charge in [-0.2, -0.15) is 0 Å². The van der Waals surface area contributed by atoms with Crippen LogP contribution in [0.5, 0.6) is 0 Å². The van der Waals surface area contributed by atoms with Crippen molar-refractivity contribution in [1.82, 2.24) is 5.32 Å². The van der Waals surface area contributed by atoms with Gasteiger partial charge in [0.2, 0.25) is 5.91 Å². The lowest BCUT2D eigenvalue weighted by atomic mass is 9.51. The number of nitrogens with one attached hydrogen (secondary N) is 1. The second-order valence-corrected chi connectivity index (χ2v) is 7.83. The van der Waals surface area contributed by atoms with Crippen molar-refractivity contribution in [1.29, 1.82) is 0 Å². The molecule has 0 aliphatic heterocycles. The van der Waals surface area contributed by atoms with Gasteiger partial charge in [-0.15, -0.1) is 0 Å². The Kier molecular flexibility index (Phi) is 4.79. The molecule has 0 aromatic carbocycles. The van der Waals surface area contributed by atoms with Crippen LogP contribution in [0.1, 0.15) is 71.1 Å². The number of rotatable bonds is 6. The van der Waals surface area contributed by atoms with E-state index in [1.54, 1.807) is 0 Å². The second kappa shape index (κ2) is 6.48. The summed E-state index contributed by atoms with van der Waals surface area (Å²) in [5.41, 5.74) is 6.34. The van der Waals surface area contributed by atoms with Crippen molar-refractivity contribution in [3.63, 3.8) is 0 Å². The molecule has 3 aliphatic carbocycles. The van der Waals surface area contributed by atoms with E-state index < -0.39 is 0 Å². The van der Waals surface area contributed by atoms with Crippen LogP contribution in [0.15, 0.2) is 0 Å². The molecule has 1 spiro atoms. The molecule has 2 atom stereocenters. The Balaban J connectivity index is 1.54. The van der Waals surface area contributed by atoms with Gasteiger partial charge in [-0.3, -0.25) is 4.79 Å². The van der Waals surface area contributed by atoms with Gasteiger partial charge in [0, 0.05) is 24.5 Å². The average molecular weight is 308 g/mol. The molecule has 2 unspecified atom stereocenters. The van der Waals surface area contributed by atoms with Crippen molar-refractivity contribution >= 4 is 5.91 Å². The quantitative estimate of drug-likeness (QED) is 0.793. The van der Waals surface area contributed by atoms with Crippen LogP contribution in [0.2, 0.25) is 0 Å². The number of ether oxygens (including phenoxy) is 1. The standard InChI is InChI=1S/C18H32N2O2/c1-2-22-15-11-14(18(15)9-6-10-18)20-16(21)12-17(13-19)7-4-3-5-8-17/h14-15H,2-13,19H2,1H3,(H,20,21). The van der Waals surface area contributed by atoms with Crippen LogP contribution < -0.4 is 11.1 Å². The van der Waals surface area contributed by atoms with Crippen molar-refractivity contribution in [2.24, 2.45) is 16.6 Å². The minimum Gasteiger partial charge on any atom is -0.378 e. The first-order valence-electron chi connectivity index (χ1n) is 9.25. The SMILES string of the molecule is CCOC1CC(NC(=O)CC2(CN)CCCCC2)C12CCC2. The number of carbonyl (C=O) groups excluding carboxylic acids is 1. The molecule has 0 saturated heterocycles. The van der Waals surface area contributed by atoms with Gasteiger partial charge < -0.3 is 15.8 Å². The maximum atomic E-state index is 12.6. The number of amides is 1. The predicted octanol–water partition coefficient (Wildman–Crippen LogP) is 2.75. The summed E-state index contributed by atoms with van der Waals surface area (Å²) in [5.74, 6) is 0.221. The third-order valence-corrected chi connectivity index (χ3v) is 6.66. The summed E-state index contributed by atoms with van der Waals surface area (Å²) in [6, 6.07) is 0.337. The highest BCUT2D eigenvalue weighted by molar-refractivity contribution is 5.77. The van der Waals surface area contributed by atoms with Gasteiger partial charge in [0.15, 0.2) is 0 Å². The van der Waals surface area contributed by atoms with Crippen molar-refractivity contribution in [2.45, 2.75) is 83.3 Å². The third-order valence-electron chi connectivity index (χ3n) is 6.66. The Morgan fingerprint density at radius 1 is 1.18 bits per heavy atom. The maximum Gasteiger partial charge on any atom is 0.220 e. The molecule has 4 heteroatoms. The molecule has 0 aromatic heterocycles. The first kappa shape index (κ1) is 16.3. The summed E-state index contributed by atoms with van der Waals surface area (Å²) in [7, 11) is 0. The molecular weight excluding hydrogens is 276 g/mol. The highest BCUT2D eigenvalue weighted by Crippen LogP contribution is 2.57. The average Bonchev–Trinajstić information content (AvgIpc) is 2.45. The fraction of sp³-hybridized carbons (Fsp3) is 0.944. The van der Waals surface area contributed by atoms with E-state index in [9.17, 15) is 4.79 Å². The van der Waals surface area contributed by atoms with Gasteiger partial charge in [-0.25, -0.2) is 0 Å². The van der Waals surface area contributed by atoms with Gasteiger partial charge in [0.1, 0.15) is 0 Å². The maximum absolute atomic E-state index is 12.6. The van der Waals surface area contributed by atoms with Crippen molar-refractivity contribution < 1.29 is 9.53 Å². The van der Waals surface area contributed by atoms with Crippen LogP contribution in [-0.4, -0.2) is 31.2 Å². The minimum absolute atomic E-state index is 0.0676. The largest absolute Gasteiger partial charge is 0.378 e. The molecule has 4 nitrogen and oxygen atoms in total. The van der Waals surface area contributed by atoms with Crippen LogP contribution in [0.25, 0.3) is 0 Å².